The van der Waals surface area contributed by atoms with Gasteiger partial charge in [0.15, 0.2) is 0 Å². The Morgan fingerprint density at radius 3 is 2.19 bits per heavy atom. The van der Waals surface area contributed by atoms with Crippen molar-refractivity contribution in [1.82, 2.24) is 4.57 Å². The average molecular weight is 415 g/mol. The van der Waals surface area contributed by atoms with Gasteiger partial charge in [-0.25, -0.2) is 0 Å². The van der Waals surface area contributed by atoms with Gasteiger partial charge >= 0.3 is 0 Å². The molecule has 0 bridgehead atoms. The largest absolute Gasteiger partial charge is 0.322 e. The third-order valence-electron chi connectivity index (χ3n) is 5.60. The highest BCUT2D eigenvalue weighted by Crippen LogP contribution is 2.25. The second kappa shape index (κ2) is 8.22. The zero-order valence-corrected chi connectivity index (χ0v) is 17.9. The van der Waals surface area contributed by atoms with Crippen molar-refractivity contribution in [3.8, 4) is 5.69 Å². The minimum Gasteiger partial charge on any atom is -0.322 e. The molecule has 2 aromatic carbocycles. The van der Waals surface area contributed by atoms with E-state index in [1.54, 1.807) is 24.3 Å². The first kappa shape index (κ1) is 20.6. The lowest BCUT2D eigenvalue weighted by molar-refractivity contribution is -0.129. The second-order valence-electron chi connectivity index (χ2n) is 7.94. The number of imide groups is 1. The van der Waals surface area contributed by atoms with E-state index in [0.717, 1.165) is 22.6 Å². The fraction of sp³-hybridized carbons (Fsp3) is 0.240. The quantitative estimate of drug-likeness (QED) is 0.628. The van der Waals surface area contributed by atoms with Crippen molar-refractivity contribution in [1.29, 1.82) is 0 Å². The lowest BCUT2D eigenvalue weighted by Gasteiger charge is -2.24. The van der Waals surface area contributed by atoms with Gasteiger partial charge in [0, 0.05) is 35.6 Å². The number of aryl methyl sites for hydroxylation is 2. The maximum atomic E-state index is 12.9. The molecule has 1 aliphatic heterocycles. The number of piperidine rings is 1. The van der Waals surface area contributed by atoms with Crippen LogP contribution in [0.3, 0.4) is 0 Å². The number of nitrogens with zero attached hydrogens (tertiary/aromatic N) is 2. The normalized spacial score (nSPS) is 14.1. The van der Waals surface area contributed by atoms with E-state index in [1.165, 1.54) is 4.90 Å². The van der Waals surface area contributed by atoms with Crippen LogP contribution in [-0.4, -0.2) is 22.3 Å². The molecule has 1 fully saturated rings. The van der Waals surface area contributed by atoms with Crippen molar-refractivity contribution in [2.24, 2.45) is 0 Å². The molecule has 0 unspecified atom stereocenters. The summed E-state index contributed by atoms with van der Waals surface area (Å²) in [6.07, 6.45) is 1.35. The average Bonchev–Trinajstić information content (AvgIpc) is 3.03. The first-order valence-corrected chi connectivity index (χ1v) is 10.4. The smallest absolute Gasteiger partial charge is 0.257 e. The molecule has 1 aromatic heterocycles. The Morgan fingerprint density at radius 2 is 1.55 bits per heavy atom. The summed E-state index contributed by atoms with van der Waals surface area (Å²) in [5.74, 6) is -0.571. The van der Waals surface area contributed by atoms with E-state index in [1.807, 2.05) is 45.0 Å². The van der Waals surface area contributed by atoms with E-state index >= 15 is 0 Å². The van der Waals surface area contributed by atoms with Gasteiger partial charge in [0.25, 0.3) is 5.91 Å². The highest BCUT2D eigenvalue weighted by molar-refractivity contribution is 6.16. The predicted molar refractivity (Wildman–Crippen MR) is 121 cm³/mol. The molecule has 3 aromatic rings. The number of carbonyl (C=O) groups is 3. The molecule has 1 aliphatic rings. The van der Waals surface area contributed by atoms with E-state index in [-0.39, 0.29) is 17.7 Å². The van der Waals surface area contributed by atoms with Crippen LogP contribution >= 0.6 is 0 Å². The monoisotopic (exact) mass is 415 g/mol. The number of hydrogen-bond donors (Lipinski definition) is 1. The molecule has 4 rings (SSSR count). The number of anilines is 2. The molecule has 0 saturated carbocycles. The molecule has 6 heteroatoms. The third kappa shape index (κ3) is 4.01. The summed E-state index contributed by atoms with van der Waals surface area (Å²) in [5.41, 5.74) is 5.75. The maximum Gasteiger partial charge on any atom is 0.257 e. The van der Waals surface area contributed by atoms with Crippen LogP contribution in [0, 0.1) is 20.8 Å². The fourth-order valence-electron chi connectivity index (χ4n) is 4.09. The van der Waals surface area contributed by atoms with Crippen LogP contribution in [0.15, 0.2) is 54.6 Å². The van der Waals surface area contributed by atoms with E-state index < -0.39 is 0 Å². The standard InChI is InChI=1S/C25H25N3O3/c1-16-6-4-7-21(14-16)27-17(2)15-22(18(27)3)25(31)26-19-10-12-20(13-11-19)28-23(29)8-5-9-24(28)30/h4,6-7,10-15H,5,8-9H2,1-3H3,(H,26,31). The van der Waals surface area contributed by atoms with Gasteiger partial charge in [-0.05, 0) is 75.2 Å². The molecule has 1 saturated heterocycles. The van der Waals surface area contributed by atoms with Gasteiger partial charge in [0.05, 0.1) is 11.3 Å². The van der Waals surface area contributed by atoms with Crippen LogP contribution in [0.5, 0.6) is 0 Å². The number of nitrogens with one attached hydrogen (secondary N) is 1. The van der Waals surface area contributed by atoms with Gasteiger partial charge in [-0.2, -0.15) is 0 Å². The Balaban J connectivity index is 1.54. The van der Waals surface area contributed by atoms with Crippen LogP contribution in [-0.2, 0) is 9.59 Å². The van der Waals surface area contributed by atoms with Gasteiger partial charge in [-0.3, -0.25) is 19.3 Å². The zero-order valence-electron chi connectivity index (χ0n) is 17.9. The lowest BCUT2D eigenvalue weighted by atomic mass is 10.1. The minimum atomic E-state index is -0.204. The minimum absolute atomic E-state index is 0.184. The molecule has 0 radical (unpaired) electrons. The molecule has 158 valence electrons. The number of amides is 3. The molecule has 0 aliphatic carbocycles. The Morgan fingerprint density at radius 1 is 0.871 bits per heavy atom. The van der Waals surface area contributed by atoms with Gasteiger partial charge < -0.3 is 9.88 Å². The first-order chi connectivity index (χ1) is 14.8. The fourth-order valence-corrected chi connectivity index (χ4v) is 4.09. The molecule has 0 atom stereocenters. The summed E-state index contributed by atoms with van der Waals surface area (Å²) >= 11 is 0. The SMILES string of the molecule is Cc1cccc(-n2c(C)cc(C(=O)Nc3ccc(N4C(=O)CCCC4=O)cc3)c2C)c1. The maximum absolute atomic E-state index is 12.9. The highest BCUT2D eigenvalue weighted by Gasteiger charge is 2.27. The van der Waals surface area contributed by atoms with Crippen molar-refractivity contribution in [3.63, 3.8) is 0 Å². The molecule has 0 spiro atoms. The van der Waals surface area contributed by atoms with Gasteiger partial charge in [-0.1, -0.05) is 12.1 Å². The molecular formula is C25H25N3O3. The number of hydrogen-bond acceptors (Lipinski definition) is 3. The first-order valence-electron chi connectivity index (χ1n) is 10.4. The molecule has 6 nitrogen and oxygen atoms in total. The predicted octanol–water partition coefficient (Wildman–Crippen LogP) is 4.70. The summed E-state index contributed by atoms with van der Waals surface area (Å²) in [4.78, 5) is 38.4. The topological polar surface area (TPSA) is 71.4 Å². The molecule has 31 heavy (non-hydrogen) atoms. The van der Waals surface area contributed by atoms with Crippen LogP contribution in [0.4, 0.5) is 11.4 Å². The van der Waals surface area contributed by atoms with Crippen molar-refractivity contribution < 1.29 is 14.4 Å². The summed E-state index contributed by atoms with van der Waals surface area (Å²) in [7, 11) is 0. The number of benzene rings is 2. The molecule has 1 N–H and O–H groups in total. The van der Waals surface area contributed by atoms with Crippen LogP contribution < -0.4 is 10.2 Å². The van der Waals surface area contributed by atoms with Gasteiger partial charge in [0.2, 0.25) is 11.8 Å². The number of carbonyl (C=O) groups excluding carboxylic acids is 3. The van der Waals surface area contributed by atoms with Crippen LogP contribution in [0.2, 0.25) is 0 Å². The summed E-state index contributed by atoms with van der Waals surface area (Å²) in [6, 6.07) is 16.8. The Labute approximate surface area is 181 Å². The zero-order chi connectivity index (χ0) is 22.1. The van der Waals surface area contributed by atoms with Crippen LogP contribution in [0.1, 0.15) is 46.6 Å². The Hall–Kier alpha value is -3.67. The van der Waals surface area contributed by atoms with E-state index in [2.05, 4.69) is 16.0 Å². The van der Waals surface area contributed by atoms with E-state index in [0.29, 0.717) is 36.2 Å². The van der Waals surface area contributed by atoms with Crippen molar-refractivity contribution in [2.75, 3.05) is 10.2 Å². The van der Waals surface area contributed by atoms with E-state index in [4.69, 9.17) is 0 Å². The summed E-state index contributed by atoms with van der Waals surface area (Å²) in [5, 5.41) is 2.91. The molecule has 2 heterocycles. The van der Waals surface area contributed by atoms with Crippen molar-refractivity contribution in [3.05, 3.63) is 77.1 Å². The summed E-state index contributed by atoms with van der Waals surface area (Å²) < 4.78 is 2.07. The number of rotatable bonds is 4. The van der Waals surface area contributed by atoms with Gasteiger partial charge in [0.1, 0.15) is 0 Å². The Bertz CT molecular complexity index is 1160. The van der Waals surface area contributed by atoms with Crippen molar-refractivity contribution >= 4 is 29.1 Å². The van der Waals surface area contributed by atoms with Crippen molar-refractivity contribution in [2.45, 2.75) is 40.0 Å². The highest BCUT2D eigenvalue weighted by atomic mass is 16.2. The second-order valence-corrected chi connectivity index (χ2v) is 7.94. The summed E-state index contributed by atoms with van der Waals surface area (Å²) in [6.45, 7) is 5.95. The lowest BCUT2D eigenvalue weighted by Crippen LogP contribution is -2.40. The van der Waals surface area contributed by atoms with Gasteiger partial charge in [-0.15, -0.1) is 0 Å². The molecular weight excluding hydrogens is 390 g/mol. The third-order valence-corrected chi connectivity index (χ3v) is 5.60. The number of aromatic nitrogens is 1. The molecule has 3 amide bonds. The van der Waals surface area contributed by atoms with Crippen LogP contribution in [0.25, 0.3) is 5.69 Å². The van der Waals surface area contributed by atoms with E-state index in [9.17, 15) is 14.4 Å². The Kier molecular flexibility index (Phi) is 5.46.